The molecule has 1 unspecified atom stereocenters. The maximum Gasteiger partial charge on any atom is 0.254 e. The Hall–Kier alpha value is -0.0900. The van der Waals surface area contributed by atoms with Gasteiger partial charge in [-0.2, -0.15) is 0 Å². The summed E-state index contributed by atoms with van der Waals surface area (Å²) in [5, 5.41) is 0. The summed E-state index contributed by atoms with van der Waals surface area (Å²) in [6.45, 7) is 4.40. The molecule has 0 spiro atoms. The van der Waals surface area contributed by atoms with Gasteiger partial charge in [0.2, 0.25) is 0 Å². The highest BCUT2D eigenvalue weighted by molar-refractivity contribution is 9.09. The second kappa shape index (κ2) is 4.42. The molecule has 2 heterocycles. The second-order valence-electron chi connectivity index (χ2n) is 4.65. The van der Waals surface area contributed by atoms with Crippen LogP contribution >= 0.6 is 15.9 Å². The molecule has 2 aliphatic heterocycles. The molecule has 15 heavy (non-hydrogen) atoms. The van der Waals surface area contributed by atoms with E-state index in [-0.39, 0.29) is 5.91 Å². The quantitative estimate of drug-likeness (QED) is 0.685. The Morgan fingerprint density at radius 2 is 2.13 bits per heavy atom. The maximum atomic E-state index is 12.2. The van der Waals surface area contributed by atoms with Crippen LogP contribution in [0.5, 0.6) is 0 Å². The number of carbonyl (C=O) groups is 1. The number of rotatable bonds is 1. The van der Waals surface area contributed by atoms with Crippen molar-refractivity contribution in [2.24, 2.45) is 0 Å². The standard InChI is InChI=1S/C11H18BrNO2/c1-11(5-2-8-15-11)10(14)13-6-3-9(12)4-7-13/h9H,2-8H2,1H3. The van der Waals surface area contributed by atoms with Gasteiger partial charge in [0.1, 0.15) is 5.60 Å². The van der Waals surface area contributed by atoms with Gasteiger partial charge in [0.15, 0.2) is 0 Å². The number of halogens is 1. The van der Waals surface area contributed by atoms with Crippen LogP contribution in [0.4, 0.5) is 0 Å². The second-order valence-corrected chi connectivity index (χ2v) is 5.94. The molecule has 0 aromatic heterocycles. The number of alkyl halides is 1. The molecule has 3 nitrogen and oxygen atoms in total. The van der Waals surface area contributed by atoms with Crippen LogP contribution in [-0.2, 0) is 9.53 Å². The number of carbonyl (C=O) groups excluding carboxylic acids is 1. The van der Waals surface area contributed by atoms with Crippen LogP contribution in [-0.4, -0.2) is 40.9 Å². The van der Waals surface area contributed by atoms with Gasteiger partial charge in [0, 0.05) is 24.5 Å². The highest BCUT2D eigenvalue weighted by atomic mass is 79.9. The zero-order chi connectivity index (χ0) is 10.9. The lowest BCUT2D eigenvalue weighted by Crippen LogP contribution is -2.49. The molecule has 1 amide bonds. The summed E-state index contributed by atoms with van der Waals surface area (Å²) < 4.78 is 5.58. The zero-order valence-electron chi connectivity index (χ0n) is 9.17. The first-order valence-corrected chi connectivity index (χ1v) is 6.61. The van der Waals surface area contributed by atoms with Crippen LogP contribution in [0.3, 0.4) is 0 Å². The molecular weight excluding hydrogens is 258 g/mol. The molecular formula is C11H18BrNO2. The van der Waals surface area contributed by atoms with Crippen LogP contribution < -0.4 is 0 Å². The Morgan fingerprint density at radius 3 is 2.67 bits per heavy atom. The van der Waals surface area contributed by atoms with Gasteiger partial charge in [-0.05, 0) is 32.6 Å². The molecule has 0 saturated carbocycles. The molecule has 0 bridgehead atoms. The number of piperidine rings is 1. The molecule has 1 atom stereocenters. The summed E-state index contributed by atoms with van der Waals surface area (Å²) in [6, 6.07) is 0. The Balaban J connectivity index is 1.95. The molecule has 0 aliphatic carbocycles. The molecule has 0 aromatic rings. The van der Waals surface area contributed by atoms with Crippen molar-refractivity contribution in [1.82, 2.24) is 4.90 Å². The summed E-state index contributed by atoms with van der Waals surface area (Å²) in [5.74, 6) is 0.194. The number of likely N-dealkylation sites (tertiary alicyclic amines) is 1. The molecule has 2 fully saturated rings. The topological polar surface area (TPSA) is 29.5 Å². The van der Waals surface area contributed by atoms with Crippen LogP contribution in [0, 0.1) is 0 Å². The van der Waals surface area contributed by atoms with Crippen molar-refractivity contribution in [2.75, 3.05) is 19.7 Å². The maximum absolute atomic E-state index is 12.2. The van der Waals surface area contributed by atoms with E-state index in [0.29, 0.717) is 4.83 Å². The summed E-state index contributed by atoms with van der Waals surface area (Å²) in [6.07, 6.45) is 4.00. The molecule has 4 heteroatoms. The third-order valence-corrected chi connectivity index (χ3v) is 4.30. The lowest BCUT2D eigenvalue weighted by atomic mass is 9.99. The first-order chi connectivity index (χ1) is 7.12. The number of amides is 1. The van der Waals surface area contributed by atoms with Gasteiger partial charge in [-0.1, -0.05) is 15.9 Å². The van der Waals surface area contributed by atoms with Gasteiger partial charge in [-0.15, -0.1) is 0 Å². The van der Waals surface area contributed by atoms with E-state index in [2.05, 4.69) is 15.9 Å². The third kappa shape index (κ3) is 2.36. The molecule has 0 N–H and O–H groups in total. The summed E-state index contributed by atoms with van der Waals surface area (Å²) in [7, 11) is 0. The van der Waals surface area contributed by atoms with Crippen molar-refractivity contribution in [3.63, 3.8) is 0 Å². The monoisotopic (exact) mass is 275 g/mol. The van der Waals surface area contributed by atoms with Crippen LogP contribution in [0.25, 0.3) is 0 Å². The van der Waals surface area contributed by atoms with Crippen molar-refractivity contribution in [1.29, 1.82) is 0 Å². The third-order valence-electron chi connectivity index (χ3n) is 3.38. The fraction of sp³-hybridized carbons (Fsp3) is 0.909. The SMILES string of the molecule is CC1(C(=O)N2CCC(Br)CC2)CCCO1. The van der Waals surface area contributed by atoms with Crippen LogP contribution in [0.15, 0.2) is 0 Å². The van der Waals surface area contributed by atoms with Crippen molar-refractivity contribution in [3.8, 4) is 0 Å². The van der Waals surface area contributed by atoms with Gasteiger partial charge in [-0.25, -0.2) is 0 Å². The Kier molecular flexibility index (Phi) is 3.36. The van der Waals surface area contributed by atoms with E-state index < -0.39 is 5.60 Å². The van der Waals surface area contributed by atoms with Crippen molar-refractivity contribution in [3.05, 3.63) is 0 Å². The van der Waals surface area contributed by atoms with E-state index >= 15 is 0 Å². The fourth-order valence-electron chi connectivity index (χ4n) is 2.33. The number of hydrogen-bond acceptors (Lipinski definition) is 2. The van der Waals surface area contributed by atoms with Crippen LogP contribution in [0.1, 0.15) is 32.6 Å². The fourth-order valence-corrected chi connectivity index (χ4v) is 2.74. The normalized spacial score (nSPS) is 33.3. The smallest absolute Gasteiger partial charge is 0.254 e. The minimum Gasteiger partial charge on any atom is -0.365 e. The van der Waals surface area contributed by atoms with Crippen molar-refractivity contribution >= 4 is 21.8 Å². The Bertz CT molecular complexity index is 243. The summed E-state index contributed by atoms with van der Waals surface area (Å²) in [5.41, 5.74) is -0.529. The highest BCUT2D eigenvalue weighted by Crippen LogP contribution is 2.29. The molecule has 2 saturated heterocycles. The van der Waals surface area contributed by atoms with E-state index in [1.54, 1.807) is 0 Å². The minimum absolute atomic E-state index is 0.194. The average Bonchev–Trinajstić information content (AvgIpc) is 2.67. The molecule has 2 aliphatic rings. The van der Waals surface area contributed by atoms with Gasteiger partial charge < -0.3 is 9.64 Å². The van der Waals surface area contributed by atoms with Crippen molar-refractivity contribution in [2.45, 2.75) is 43.0 Å². The lowest BCUT2D eigenvalue weighted by molar-refractivity contribution is -0.151. The summed E-state index contributed by atoms with van der Waals surface area (Å²) >= 11 is 3.59. The molecule has 0 radical (unpaired) electrons. The largest absolute Gasteiger partial charge is 0.365 e. The number of hydrogen-bond donors (Lipinski definition) is 0. The molecule has 86 valence electrons. The van der Waals surface area contributed by atoms with Gasteiger partial charge in [0.05, 0.1) is 0 Å². The van der Waals surface area contributed by atoms with Gasteiger partial charge >= 0.3 is 0 Å². The zero-order valence-corrected chi connectivity index (χ0v) is 10.8. The lowest BCUT2D eigenvalue weighted by Gasteiger charge is -2.35. The first-order valence-electron chi connectivity index (χ1n) is 5.69. The van der Waals surface area contributed by atoms with E-state index in [1.165, 1.54) is 0 Å². The predicted molar refractivity (Wildman–Crippen MR) is 62.1 cm³/mol. The van der Waals surface area contributed by atoms with E-state index in [0.717, 1.165) is 45.4 Å². The van der Waals surface area contributed by atoms with E-state index in [4.69, 9.17) is 4.74 Å². The number of nitrogens with zero attached hydrogens (tertiary/aromatic N) is 1. The van der Waals surface area contributed by atoms with Gasteiger partial charge in [0.25, 0.3) is 5.91 Å². The van der Waals surface area contributed by atoms with E-state index in [1.807, 2.05) is 11.8 Å². The Labute approximate surface area is 99.3 Å². The molecule has 0 aromatic carbocycles. The summed E-state index contributed by atoms with van der Waals surface area (Å²) in [4.78, 5) is 14.8. The van der Waals surface area contributed by atoms with E-state index in [9.17, 15) is 4.79 Å². The minimum atomic E-state index is -0.529. The average molecular weight is 276 g/mol. The van der Waals surface area contributed by atoms with Gasteiger partial charge in [-0.3, -0.25) is 4.79 Å². The molecule has 2 rings (SSSR count). The number of ether oxygens (including phenoxy) is 1. The Morgan fingerprint density at radius 1 is 1.47 bits per heavy atom. The first kappa shape index (κ1) is 11.4. The van der Waals surface area contributed by atoms with Crippen LogP contribution in [0.2, 0.25) is 0 Å². The highest BCUT2D eigenvalue weighted by Gasteiger charge is 2.41. The predicted octanol–water partition coefficient (Wildman–Crippen LogP) is 1.94. The van der Waals surface area contributed by atoms with Crippen molar-refractivity contribution < 1.29 is 9.53 Å².